The number of hydrogen-bond acceptors (Lipinski definition) is 6. The minimum Gasteiger partial charge on any atom is -0.476 e. The first-order valence-electron chi connectivity index (χ1n) is 11.4. The van der Waals surface area contributed by atoms with Crippen LogP contribution in [0.1, 0.15) is 52.8 Å². The number of thiazole rings is 1. The Morgan fingerprint density at radius 1 is 1.06 bits per heavy atom. The van der Waals surface area contributed by atoms with E-state index < -0.39 is 18.1 Å². The highest BCUT2D eigenvalue weighted by molar-refractivity contribution is 7.09. The predicted molar refractivity (Wildman–Crippen MR) is 132 cm³/mol. The van der Waals surface area contributed by atoms with Crippen molar-refractivity contribution in [3.05, 3.63) is 75.7 Å². The van der Waals surface area contributed by atoms with E-state index in [1.165, 1.54) is 16.7 Å². The number of hydrogen-bond donors (Lipinski definition) is 3. The number of aromatic carboxylic acids is 1. The maximum absolute atomic E-state index is 12.6. The molecule has 0 bridgehead atoms. The molecule has 9 heteroatoms. The number of amides is 2. The highest BCUT2D eigenvalue weighted by Crippen LogP contribution is 2.44. The third-order valence-electron chi connectivity index (χ3n) is 6.06. The number of fused-ring (bicyclic) bond motifs is 3. The summed E-state index contributed by atoms with van der Waals surface area (Å²) >= 11 is 1.17. The molecule has 2 amide bonds. The molecule has 0 aliphatic heterocycles. The van der Waals surface area contributed by atoms with Crippen LogP contribution < -0.4 is 10.6 Å². The summed E-state index contributed by atoms with van der Waals surface area (Å²) in [6.45, 7) is 4.17. The van der Waals surface area contributed by atoms with Crippen LogP contribution in [-0.4, -0.2) is 40.7 Å². The van der Waals surface area contributed by atoms with Gasteiger partial charge >= 0.3 is 12.1 Å². The van der Waals surface area contributed by atoms with Gasteiger partial charge in [0.1, 0.15) is 11.6 Å². The third kappa shape index (κ3) is 5.68. The van der Waals surface area contributed by atoms with E-state index in [0.29, 0.717) is 5.01 Å². The lowest BCUT2D eigenvalue weighted by Crippen LogP contribution is -2.42. The molecule has 1 atom stereocenters. The van der Waals surface area contributed by atoms with Crippen molar-refractivity contribution >= 4 is 29.3 Å². The molecule has 0 saturated carbocycles. The second-order valence-corrected chi connectivity index (χ2v) is 9.68. The Bertz CT molecular complexity index is 1190. The summed E-state index contributed by atoms with van der Waals surface area (Å²) in [5, 5.41) is 16.4. The number of alkyl carbamates (subject to hydrolysis) is 1. The summed E-state index contributed by atoms with van der Waals surface area (Å²) < 4.78 is 5.61. The Kier molecular flexibility index (Phi) is 7.45. The lowest BCUT2D eigenvalue weighted by atomic mass is 9.98. The normalized spacial score (nSPS) is 13.1. The molecule has 35 heavy (non-hydrogen) atoms. The van der Waals surface area contributed by atoms with Crippen molar-refractivity contribution < 1.29 is 24.2 Å². The highest BCUT2D eigenvalue weighted by atomic mass is 32.1. The van der Waals surface area contributed by atoms with Gasteiger partial charge in [0.15, 0.2) is 5.69 Å². The van der Waals surface area contributed by atoms with Gasteiger partial charge in [0.05, 0.1) is 6.54 Å². The topological polar surface area (TPSA) is 118 Å². The van der Waals surface area contributed by atoms with Crippen LogP contribution in [0.5, 0.6) is 0 Å². The molecule has 0 radical (unpaired) electrons. The van der Waals surface area contributed by atoms with Crippen LogP contribution >= 0.6 is 11.3 Å². The summed E-state index contributed by atoms with van der Waals surface area (Å²) in [6, 6.07) is 15.8. The maximum Gasteiger partial charge on any atom is 0.407 e. The number of carboxylic acids is 1. The summed E-state index contributed by atoms with van der Waals surface area (Å²) in [5.41, 5.74) is 4.54. The Morgan fingerprint density at radius 3 is 2.26 bits per heavy atom. The van der Waals surface area contributed by atoms with Gasteiger partial charge in [-0.15, -0.1) is 11.3 Å². The molecule has 1 unspecified atom stereocenters. The van der Waals surface area contributed by atoms with Gasteiger partial charge in [-0.05, 0) is 28.2 Å². The van der Waals surface area contributed by atoms with Crippen molar-refractivity contribution in [2.24, 2.45) is 5.92 Å². The summed E-state index contributed by atoms with van der Waals surface area (Å²) in [4.78, 5) is 40.0. The van der Waals surface area contributed by atoms with E-state index >= 15 is 0 Å². The van der Waals surface area contributed by atoms with Crippen molar-refractivity contribution in [3.63, 3.8) is 0 Å². The molecule has 4 rings (SSSR count). The molecule has 0 spiro atoms. The van der Waals surface area contributed by atoms with Crippen LogP contribution in [-0.2, 0) is 16.1 Å². The van der Waals surface area contributed by atoms with Crippen LogP contribution in [0.15, 0.2) is 53.9 Å². The van der Waals surface area contributed by atoms with Crippen LogP contribution in [0, 0.1) is 5.92 Å². The van der Waals surface area contributed by atoms with Gasteiger partial charge in [0, 0.05) is 23.8 Å². The zero-order chi connectivity index (χ0) is 24.9. The zero-order valence-corrected chi connectivity index (χ0v) is 20.3. The highest BCUT2D eigenvalue weighted by Gasteiger charge is 2.29. The minimum absolute atomic E-state index is 0.000270. The number of carbonyl (C=O) groups excluding carboxylic acids is 2. The Morgan fingerprint density at radius 2 is 1.69 bits per heavy atom. The molecule has 8 nitrogen and oxygen atoms in total. The Balaban J connectivity index is 1.31. The van der Waals surface area contributed by atoms with E-state index in [1.807, 2.05) is 38.1 Å². The molecular weight excluding hydrogens is 466 g/mol. The van der Waals surface area contributed by atoms with E-state index in [1.54, 1.807) is 0 Å². The van der Waals surface area contributed by atoms with Gasteiger partial charge in [0.25, 0.3) is 0 Å². The van der Waals surface area contributed by atoms with Crippen molar-refractivity contribution in [1.29, 1.82) is 0 Å². The fourth-order valence-electron chi connectivity index (χ4n) is 4.18. The molecule has 3 N–H and O–H groups in total. The van der Waals surface area contributed by atoms with Gasteiger partial charge < -0.3 is 20.5 Å². The molecule has 1 heterocycles. The second-order valence-electron chi connectivity index (χ2n) is 8.73. The fourth-order valence-corrected chi connectivity index (χ4v) is 4.89. The van der Waals surface area contributed by atoms with E-state index in [0.717, 1.165) is 22.3 Å². The standard InChI is InChI=1S/C26H27N3O5S/c1-15(2)21(11-23(30)27-12-24-28-22(14-35-24)25(31)32)29-26(33)34-13-20-18-9-5-3-7-16(18)17-8-4-6-10-19(17)20/h3-10,14-15,20-21H,11-13H2,1-2H3,(H,27,30)(H,29,33)(H,31,32). The van der Waals surface area contributed by atoms with Crippen molar-refractivity contribution in [1.82, 2.24) is 15.6 Å². The smallest absolute Gasteiger partial charge is 0.407 e. The van der Waals surface area contributed by atoms with Crippen molar-refractivity contribution in [2.45, 2.75) is 38.8 Å². The van der Waals surface area contributed by atoms with Crippen LogP contribution in [0.4, 0.5) is 4.79 Å². The number of carboxylic acid groups (broad SMARTS) is 1. The lowest BCUT2D eigenvalue weighted by molar-refractivity contribution is -0.121. The molecule has 1 aliphatic carbocycles. The summed E-state index contributed by atoms with van der Waals surface area (Å²) in [5.74, 6) is -1.41. The molecule has 182 valence electrons. The largest absolute Gasteiger partial charge is 0.476 e. The molecule has 3 aromatic rings. The first-order valence-corrected chi connectivity index (χ1v) is 12.3. The maximum atomic E-state index is 12.6. The van der Waals surface area contributed by atoms with E-state index in [2.05, 4.69) is 39.9 Å². The molecular formula is C26H27N3O5S. The number of carbonyl (C=O) groups is 3. The van der Waals surface area contributed by atoms with Crippen molar-refractivity contribution in [3.8, 4) is 11.1 Å². The van der Waals surface area contributed by atoms with E-state index in [9.17, 15) is 14.4 Å². The molecule has 1 aromatic heterocycles. The summed E-state index contributed by atoms with van der Waals surface area (Å²) in [7, 11) is 0. The monoisotopic (exact) mass is 493 g/mol. The van der Waals surface area contributed by atoms with Gasteiger partial charge in [-0.3, -0.25) is 4.79 Å². The quantitative estimate of drug-likeness (QED) is 0.406. The van der Waals surface area contributed by atoms with E-state index in [-0.39, 0.29) is 43.0 Å². The average molecular weight is 494 g/mol. The molecule has 2 aromatic carbocycles. The fraction of sp³-hybridized carbons (Fsp3) is 0.308. The predicted octanol–water partition coefficient (Wildman–Crippen LogP) is 4.41. The third-order valence-corrected chi connectivity index (χ3v) is 6.91. The number of aromatic nitrogens is 1. The second kappa shape index (κ2) is 10.7. The first kappa shape index (κ1) is 24.4. The number of ether oxygens (including phenoxy) is 1. The molecule has 0 fully saturated rings. The minimum atomic E-state index is -1.11. The van der Waals surface area contributed by atoms with Gasteiger partial charge in [-0.1, -0.05) is 62.4 Å². The van der Waals surface area contributed by atoms with Crippen LogP contribution in [0.2, 0.25) is 0 Å². The lowest BCUT2D eigenvalue weighted by Gasteiger charge is -2.22. The number of nitrogens with one attached hydrogen (secondary N) is 2. The molecule has 1 aliphatic rings. The number of rotatable bonds is 9. The van der Waals surface area contributed by atoms with Crippen LogP contribution in [0.25, 0.3) is 11.1 Å². The zero-order valence-electron chi connectivity index (χ0n) is 19.5. The van der Waals surface area contributed by atoms with Crippen molar-refractivity contribution in [2.75, 3.05) is 6.61 Å². The Hall–Kier alpha value is -3.72. The number of nitrogens with zero attached hydrogens (tertiary/aromatic N) is 1. The van der Waals surface area contributed by atoms with Crippen LogP contribution in [0.3, 0.4) is 0 Å². The first-order chi connectivity index (χ1) is 16.8. The number of benzene rings is 2. The van der Waals surface area contributed by atoms with Gasteiger partial charge in [-0.25, -0.2) is 14.6 Å². The van der Waals surface area contributed by atoms with Gasteiger partial charge in [-0.2, -0.15) is 0 Å². The average Bonchev–Trinajstić information content (AvgIpc) is 3.44. The van der Waals surface area contributed by atoms with Gasteiger partial charge in [0.2, 0.25) is 5.91 Å². The molecule has 0 saturated heterocycles. The SMILES string of the molecule is CC(C)C(CC(=O)NCc1nc(C(=O)O)cs1)NC(=O)OCC1c2ccccc2-c2ccccc21. The van der Waals surface area contributed by atoms with E-state index in [4.69, 9.17) is 9.84 Å². The Labute approximate surface area is 207 Å². The summed E-state index contributed by atoms with van der Waals surface area (Å²) in [6.07, 6.45) is -0.497.